The van der Waals surface area contributed by atoms with E-state index in [0.29, 0.717) is 11.6 Å². The SMILES string of the molecule is C=C(Cl)CNC(C)c1nncn1C. The van der Waals surface area contributed by atoms with Crippen molar-refractivity contribution in [3.8, 4) is 0 Å². The fourth-order valence-corrected chi connectivity index (χ4v) is 1.12. The van der Waals surface area contributed by atoms with Crippen molar-refractivity contribution in [1.82, 2.24) is 20.1 Å². The van der Waals surface area contributed by atoms with Gasteiger partial charge in [-0.25, -0.2) is 0 Å². The van der Waals surface area contributed by atoms with Crippen LogP contribution < -0.4 is 5.32 Å². The van der Waals surface area contributed by atoms with Crippen molar-refractivity contribution in [2.24, 2.45) is 7.05 Å². The van der Waals surface area contributed by atoms with E-state index >= 15 is 0 Å². The van der Waals surface area contributed by atoms with Gasteiger partial charge in [0.15, 0.2) is 0 Å². The third kappa shape index (κ3) is 2.82. The van der Waals surface area contributed by atoms with E-state index in [9.17, 15) is 0 Å². The lowest BCUT2D eigenvalue weighted by atomic mass is 10.3. The van der Waals surface area contributed by atoms with Crippen molar-refractivity contribution in [3.63, 3.8) is 0 Å². The molecule has 0 fully saturated rings. The summed E-state index contributed by atoms with van der Waals surface area (Å²) in [5.74, 6) is 0.887. The number of nitrogens with zero attached hydrogens (tertiary/aromatic N) is 3. The molecule has 0 saturated carbocycles. The fraction of sp³-hybridized carbons (Fsp3) is 0.500. The molecule has 0 aliphatic carbocycles. The zero-order valence-electron chi connectivity index (χ0n) is 7.79. The standard InChI is InChI=1S/C8H13ClN4/c1-6(9)4-10-7(2)8-12-11-5-13(8)3/h5,7,10H,1,4H2,2-3H3. The first kappa shape index (κ1) is 10.2. The normalized spacial score (nSPS) is 12.8. The largest absolute Gasteiger partial charge is 0.319 e. The van der Waals surface area contributed by atoms with E-state index in [2.05, 4.69) is 22.1 Å². The maximum absolute atomic E-state index is 5.62. The zero-order valence-corrected chi connectivity index (χ0v) is 8.54. The molecule has 1 aromatic rings. The highest BCUT2D eigenvalue weighted by Crippen LogP contribution is 2.07. The highest BCUT2D eigenvalue weighted by molar-refractivity contribution is 6.29. The summed E-state index contributed by atoms with van der Waals surface area (Å²) in [6.07, 6.45) is 1.67. The average molecular weight is 201 g/mol. The maximum atomic E-state index is 5.62. The van der Waals surface area contributed by atoms with Gasteiger partial charge in [-0.3, -0.25) is 0 Å². The minimum absolute atomic E-state index is 0.128. The van der Waals surface area contributed by atoms with Crippen LogP contribution in [-0.2, 0) is 7.05 Å². The van der Waals surface area contributed by atoms with Crippen molar-refractivity contribution in [2.75, 3.05) is 6.54 Å². The van der Waals surface area contributed by atoms with Crippen LogP contribution in [0.15, 0.2) is 17.9 Å². The molecule has 0 amide bonds. The molecule has 4 nitrogen and oxygen atoms in total. The van der Waals surface area contributed by atoms with E-state index in [4.69, 9.17) is 11.6 Å². The van der Waals surface area contributed by atoms with Crippen molar-refractivity contribution >= 4 is 11.6 Å². The van der Waals surface area contributed by atoms with Crippen molar-refractivity contribution in [1.29, 1.82) is 0 Å². The molecule has 0 aromatic carbocycles. The number of nitrogens with one attached hydrogen (secondary N) is 1. The smallest absolute Gasteiger partial charge is 0.149 e. The van der Waals surface area contributed by atoms with Gasteiger partial charge in [-0.1, -0.05) is 18.2 Å². The summed E-state index contributed by atoms with van der Waals surface area (Å²) in [6.45, 7) is 6.17. The number of aryl methyl sites for hydroxylation is 1. The van der Waals surface area contributed by atoms with E-state index in [1.807, 2.05) is 18.5 Å². The Morgan fingerprint density at radius 1 is 1.85 bits per heavy atom. The summed E-state index contributed by atoms with van der Waals surface area (Å²) in [4.78, 5) is 0. The number of halogens is 1. The summed E-state index contributed by atoms with van der Waals surface area (Å²) in [5, 5.41) is 11.5. The Balaban J connectivity index is 2.53. The number of hydrogen-bond donors (Lipinski definition) is 1. The van der Waals surface area contributed by atoms with Gasteiger partial charge in [-0.15, -0.1) is 10.2 Å². The number of rotatable bonds is 4. The molecule has 0 aliphatic rings. The Bertz CT molecular complexity index is 294. The molecule has 1 aromatic heterocycles. The second-order valence-electron chi connectivity index (χ2n) is 2.92. The van der Waals surface area contributed by atoms with Crippen LogP contribution >= 0.6 is 11.6 Å². The highest BCUT2D eigenvalue weighted by atomic mass is 35.5. The maximum Gasteiger partial charge on any atom is 0.149 e. The average Bonchev–Trinajstić information content (AvgIpc) is 2.47. The third-order valence-electron chi connectivity index (χ3n) is 1.73. The first-order valence-electron chi connectivity index (χ1n) is 4.02. The summed E-state index contributed by atoms with van der Waals surface area (Å²) < 4.78 is 1.87. The van der Waals surface area contributed by atoms with Crippen LogP contribution in [0.5, 0.6) is 0 Å². The molecule has 1 atom stereocenters. The number of hydrogen-bond acceptors (Lipinski definition) is 3. The summed E-state index contributed by atoms with van der Waals surface area (Å²) in [6, 6.07) is 0.128. The lowest BCUT2D eigenvalue weighted by Gasteiger charge is -2.11. The van der Waals surface area contributed by atoms with Crippen molar-refractivity contribution in [2.45, 2.75) is 13.0 Å². The van der Waals surface area contributed by atoms with Crippen LogP contribution in [-0.4, -0.2) is 21.3 Å². The van der Waals surface area contributed by atoms with E-state index in [0.717, 1.165) is 5.82 Å². The molecule has 0 aliphatic heterocycles. The molecule has 0 bridgehead atoms. The predicted molar refractivity (Wildman–Crippen MR) is 52.4 cm³/mol. The van der Waals surface area contributed by atoms with Crippen LogP contribution in [0.25, 0.3) is 0 Å². The monoisotopic (exact) mass is 200 g/mol. The third-order valence-corrected chi connectivity index (χ3v) is 1.87. The van der Waals surface area contributed by atoms with Gasteiger partial charge in [0.05, 0.1) is 6.04 Å². The Kier molecular flexibility index (Phi) is 3.45. The van der Waals surface area contributed by atoms with Gasteiger partial charge in [0.25, 0.3) is 0 Å². The molecule has 1 unspecified atom stereocenters. The van der Waals surface area contributed by atoms with E-state index < -0.39 is 0 Å². The van der Waals surface area contributed by atoms with E-state index in [1.165, 1.54) is 0 Å². The minimum Gasteiger partial charge on any atom is -0.319 e. The summed E-state index contributed by atoms with van der Waals surface area (Å²) in [5.41, 5.74) is 0. The van der Waals surface area contributed by atoms with Crippen molar-refractivity contribution in [3.05, 3.63) is 23.8 Å². The zero-order chi connectivity index (χ0) is 9.84. The molecule has 0 radical (unpaired) electrons. The molecule has 1 N–H and O–H groups in total. The Hall–Kier alpha value is -0.870. The second kappa shape index (κ2) is 4.39. The van der Waals surface area contributed by atoms with Gasteiger partial charge >= 0.3 is 0 Å². The quantitative estimate of drug-likeness (QED) is 0.795. The van der Waals surface area contributed by atoms with Crippen LogP contribution in [0.1, 0.15) is 18.8 Å². The first-order chi connectivity index (χ1) is 6.11. The van der Waals surface area contributed by atoms with Gasteiger partial charge in [0.1, 0.15) is 12.2 Å². The Morgan fingerprint density at radius 3 is 3.00 bits per heavy atom. The van der Waals surface area contributed by atoms with Crippen molar-refractivity contribution < 1.29 is 0 Å². The van der Waals surface area contributed by atoms with Crippen LogP contribution in [0.4, 0.5) is 0 Å². The lowest BCUT2D eigenvalue weighted by molar-refractivity contribution is 0.557. The summed E-state index contributed by atoms with van der Waals surface area (Å²) >= 11 is 5.62. The predicted octanol–water partition coefficient (Wildman–Crippen LogP) is 1.22. The molecular formula is C8H13ClN4. The highest BCUT2D eigenvalue weighted by Gasteiger charge is 2.09. The summed E-state index contributed by atoms with van der Waals surface area (Å²) in [7, 11) is 1.91. The van der Waals surface area contributed by atoms with Gasteiger partial charge in [-0.05, 0) is 6.92 Å². The molecule has 5 heteroatoms. The van der Waals surface area contributed by atoms with Crippen LogP contribution in [0.3, 0.4) is 0 Å². The molecule has 1 heterocycles. The Morgan fingerprint density at radius 2 is 2.54 bits per heavy atom. The van der Waals surface area contributed by atoms with E-state index in [1.54, 1.807) is 6.33 Å². The topological polar surface area (TPSA) is 42.7 Å². The van der Waals surface area contributed by atoms with Gasteiger partial charge < -0.3 is 9.88 Å². The van der Waals surface area contributed by atoms with Gasteiger partial charge in [0, 0.05) is 18.6 Å². The molecule has 1 rings (SSSR count). The van der Waals surface area contributed by atoms with Crippen LogP contribution in [0, 0.1) is 0 Å². The van der Waals surface area contributed by atoms with Crippen LogP contribution in [0.2, 0.25) is 0 Å². The van der Waals surface area contributed by atoms with Gasteiger partial charge in [-0.2, -0.15) is 0 Å². The molecule has 0 saturated heterocycles. The molecular weight excluding hydrogens is 188 g/mol. The lowest BCUT2D eigenvalue weighted by Crippen LogP contribution is -2.22. The van der Waals surface area contributed by atoms with Gasteiger partial charge in [0.2, 0.25) is 0 Å². The first-order valence-corrected chi connectivity index (χ1v) is 4.39. The Labute approximate surface area is 82.6 Å². The molecule has 72 valence electrons. The fourth-order valence-electron chi connectivity index (χ4n) is 1.04. The molecule has 13 heavy (non-hydrogen) atoms. The number of aromatic nitrogens is 3. The second-order valence-corrected chi connectivity index (χ2v) is 3.45. The minimum atomic E-state index is 0.128. The van der Waals surface area contributed by atoms with E-state index in [-0.39, 0.29) is 6.04 Å². The molecule has 0 spiro atoms.